The number of benzene rings is 1. The predicted molar refractivity (Wildman–Crippen MR) is 74.1 cm³/mol. The highest BCUT2D eigenvalue weighted by atomic mass is 79.9. The Labute approximate surface area is 118 Å². The van der Waals surface area contributed by atoms with Crippen molar-refractivity contribution in [2.24, 2.45) is 5.10 Å². The number of carbonyl (C=O) groups excluding carboxylic acids is 1. The van der Waals surface area contributed by atoms with E-state index in [1.54, 1.807) is 18.2 Å². The molecule has 0 atom stereocenters. The first-order valence-corrected chi connectivity index (χ1v) is 6.28. The van der Waals surface area contributed by atoms with Crippen LogP contribution in [0.25, 0.3) is 0 Å². The molecule has 6 heteroatoms. The second-order valence-electron chi connectivity index (χ2n) is 3.53. The van der Waals surface area contributed by atoms with Gasteiger partial charge in [-0.05, 0) is 40.2 Å². The third-order valence-corrected chi connectivity index (χ3v) is 2.77. The monoisotopic (exact) mass is 322 g/mol. The number of nitrogens with one attached hydrogen (secondary N) is 1. The molecule has 0 saturated carbocycles. The number of hydrazone groups is 1. The third-order valence-electron chi connectivity index (χ3n) is 2.12. The molecule has 0 unspecified atom stereocenters. The van der Waals surface area contributed by atoms with Crippen LogP contribution in [-0.4, -0.2) is 18.7 Å². The summed E-state index contributed by atoms with van der Waals surface area (Å²) in [4.78, 5) is 11.5. The molecule has 1 heterocycles. The average Bonchev–Trinajstić information content (AvgIpc) is 2.91. The smallest absolute Gasteiger partial charge is 0.277 e. The van der Waals surface area contributed by atoms with Crippen molar-refractivity contribution in [1.29, 1.82) is 0 Å². The molecule has 0 bridgehead atoms. The van der Waals surface area contributed by atoms with Crippen LogP contribution in [0.15, 0.2) is 56.7 Å². The molecular weight excluding hydrogens is 312 g/mol. The molecule has 0 fully saturated rings. The maximum atomic E-state index is 11.5. The molecule has 1 aromatic heterocycles. The van der Waals surface area contributed by atoms with Crippen LogP contribution in [0.3, 0.4) is 0 Å². The Morgan fingerprint density at radius 2 is 2.21 bits per heavy atom. The zero-order valence-corrected chi connectivity index (χ0v) is 11.5. The van der Waals surface area contributed by atoms with E-state index in [1.807, 2.05) is 18.2 Å². The minimum Gasteiger partial charge on any atom is -0.483 e. The zero-order valence-electron chi connectivity index (χ0n) is 9.88. The van der Waals surface area contributed by atoms with E-state index in [2.05, 4.69) is 26.5 Å². The first kappa shape index (κ1) is 13.4. The van der Waals surface area contributed by atoms with Crippen LogP contribution in [0.4, 0.5) is 0 Å². The van der Waals surface area contributed by atoms with Crippen LogP contribution in [0.5, 0.6) is 5.75 Å². The first-order chi connectivity index (χ1) is 9.25. The highest BCUT2D eigenvalue weighted by molar-refractivity contribution is 9.10. The Morgan fingerprint density at radius 3 is 2.95 bits per heavy atom. The Balaban J connectivity index is 1.78. The highest BCUT2D eigenvalue weighted by Crippen LogP contribution is 2.23. The number of ether oxygens (including phenoxy) is 1. The van der Waals surface area contributed by atoms with Crippen molar-refractivity contribution in [2.75, 3.05) is 6.61 Å². The van der Waals surface area contributed by atoms with Crippen molar-refractivity contribution in [3.63, 3.8) is 0 Å². The fourth-order valence-electron chi connectivity index (χ4n) is 1.27. The summed E-state index contributed by atoms with van der Waals surface area (Å²) in [5.74, 6) is 0.818. The van der Waals surface area contributed by atoms with Gasteiger partial charge in [-0.15, -0.1) is 0 Å². The zero-order chi connectivity index (χ0) is 13.5. The Morgan fingerprint density at radius 1 is 1.37 bits per heavy atom. The van der Waals surface area contributed by atoms with Gasteiger partial charge in [-0.2, -0.15) is 5.10 Å². The number of para-hydroxylation sites is 1. The summed E-state index contributed by atoms with van der Waals surface area (Å²) in [6.45, 7) is -0.113. The summed E-state index contributed by atoms with van der Waals surface area (Å²) in [5, 5.41) is 3.74. The molecule has 2 aromatic rings. The number of halogens is 1. The molecule has 1 aromatic carbocycles. The van der Waals surface area contributed by atoms with Crippen LogP contribution >= 0.6 is 15.9 Å². The number of nitrogens with zero attached hydrogens (tertiary/aromatic N) is 1. The molecule has 19 heavy (non-hydrogen) atoms. The minimum absolute atomic E-state index is 0.113. The number of rotatable bonds is 5. The Hall–Kier alpha value is -2.08. The molecule has 1 amide bonds. The molecule has 0 spiro atoms. The lowest BCUT2D eigenvalue weighted by Crippen LogP contribution is -2.24. The molecule has 0 aliphatic carbocycles. The first-order valence-electron chi connectivity index (χ1n) is 5.48. The largest absolute Gasteiger partial charge is 0.483 e. The van der Waals surface area contributed by atoms with E-state index < -0.39 is 0 Å². The van der Waals surface area contributed by atoms with E-state index >= 15 is 0 Å². The fourth-order valence-corrected chi connectivity index (χ4v) is 1.67. The van der Waals surface area contributed by atoms with Crippen molar-refractivity contribution >= 4 is 28.1 Å². The van der Waals surface area contributed by atoms with Gasteiger partial charge in [-0.1, -0.05) is 12.1 Å². The van der Waals surface area contributed by atoms with Gasteiger partial charge >= 0.3 is 0 Å². The average molecular weight is 323 g/mol. The second-order valence-corrected chi connectivity index (χ2v) is 4.38. The van der Waals surface area contributed by atoms with Crippen molar-refractivity contribution in [3.05, 3.63) is 52.9 Å². The standard InChI is InChI=1S/C13H11BrN2O3/c14-11-5-1-2-6-12(11)19-9-13(17)16-15-8-10-4-3-7-18-10/h1-8H,9H2,(H,16,17). The van der Waals surface area contributed by atoms with Crippen molar-refractivity contribution in [3.8, 4) is 5.75 Å². The SMILES string of the molecule is O=C(COc1ccccc1Br)NN=Cc1ccco1. The topological polar surface area (TPSA) is 63.8 Å². The van der Waals surface area contributed by atoms with E-state index in [1.165, 1.54) is 12.5 Å². The fraction of sp³-hybridized carbons (Fsp3) is 0.0769. The van der Waals surface area contributed by atoms with Crippen molar-refractivity contribution in [2.45, 2.75) is 0 Å². The maximum Gasteiger partial charge on any atom is 0.277 e. The minimum atomic E-state index is -0.349. The molecule has 0 aliphatic rings. The van der Waals surface area contributed by atoms with Gasteiger partial charge in [0, 0.05) is 0 Å². The number of carbonyl (C=O) groups is 1. The summed E-state index contributed by atoms with van der Waals surface area (Å²) in [6, 6.07) is 10.8. The van der Waals surface area contributed by atoms with Crippen LogP contribution in [-0.2, 0) is 4.79 Å². The summed E-state index contributed by atoms with van der Waals surface area (Å²) < 4.78 is 11.1. The van der Waals surface area contributed by atoms with E-state index in [0.29, 0.717) is 11.5 Å². The van der Waals surface area contributed by atoms with Crippen LogP contribution in [0.2, 0.25) is 0 Å². The van der Waals surface area contributed by atoms with E-state index in [0.717, 1.165) is 4.47 Å². The van der Waals surface area contributed by atoms with Crippen LogP contribution in [0.1, 0.15) is 5.76 Å². The third kappa shape index (κ3) is 4.26. The van der Waals surface area contributed by atoms with Gasteiger partial charge in [-0.25, -0.2) is 5.43 Å². The van der Waals surface area contributed by atoms with E-state index in [-0.39, 0.29) is 12.5 Å². The summed E-state index contributed by atoms with van der Waals surface area (Å²) in [6.07, 6.45) is 2.94. The quantitative estimate of drug-likeness (QED) is 0.679. The van der Waals surface area contributed by atoms with Gasteiger partial charge in [0.25, 0.3) is 5.91 Å². The molecular formula is C13H11BrN2O3. The molecule has 1 N–H and O–H groups in total. The highest BCUT2D eigenvalue weighted by Gasteiger charge is 2.03. The summed E-state index contributed by atoms with van der Waals surface area (Å²) in [5.41, 5.74) is 2.34. The van der Waals surface area contributed by atoms with Gasteiger partial charge in [0.05, 0.1) is 17.0 Å². The number of hydrogen-bond donors (Lipinski definition) is 1. The van der Waals surface area contributed by atoms with E-state index in [4.69, 9.17) is 9.15 Å². The normalized spacial score (nSPS) is 10.6. The molecule has 98 valence electrons. The lowest BCUT2D eigenvalue weighted by Gasteiger charge is -2.06. The molecule has 0 radical (unpaired) electrons. The number of furan rings is 1. The number of amides is 1. The van der Waals surface area contributed by atoms with Crippen molar-refractivity contribution < 1.29 is 13.9 Å². The molecule has 2 rings (SSSR count). The van der Waals surface area contributed by atoms with Gasteiger partial charge in [0.1, 0.15) is 11.5 Å². The van der Waals surface area contributed by atoms with Gasteiger partial charge < -0.3 is 9.15 Å². The van der Waals surface area contributed by atoms with E-state index in [9.17, 15) is 4.79 Å². The summed E-state index contributed by atoms with van der Waals surface area (Å²) >= 11 is 3.33. The lowest BCUT2D eigenvalue weighted by molar-refractivity contribution is -0.123. The van der Waals surface area contributed by atoms with Crippen LogP contribution < -0.4 is 10.2 Å². The molecule has 5 nitrogen and oxygen atoms in total. The molecule has 0 saturated heterocycles. The maximum absolute atomic E-state index is 11.5. The van der Waals surface area contributed by atoms with Crippen molar-refractivity contribution in [1.82, 2.24) is 5.43 Å². The van der Waals surface area contributed by atoms with Gasteiger partial charge in [-0.3, -0.25) is 4.79 Å². The molecule has 0 aliphatic heterocycles. The summed E-state index contributed by atoms with van der Waals surface area (Å²) in [7, 11) is 0. The Kier molecular flexibility index (Phi) is 4.74. The Bertz CT molecular complexity index is 567. The number of hydrogen-bond acceptors (Lipinski definition) is 4. The lowest BCUT2D eigenvalue weighted by atomic mass is 10.3. The van der Waals surface area contributed by atoms with Crippen LogP contribution in [0, 0.1) is 0 Å². The van der Waals surface area contributed by atoms with Gasteiger partial charge in [0.15, 0.2) is 6.61 Å². The second kappa shape index (κ2) is 6.75. The predicted octanol–water partition coefficient (Wildman–Crippen LogP) is 2.57. The van der Waals surface area contributed by atoms with Gasteiger partial charge in [0.2, 0.25) is 0 Å².